The van der Waals surface area contributed by atoms with Gasteiger partial charge in [-0.1, -0.05) is 24.3 Å². The van der Waals surface area contributed by atoms with E-state index in [-0.39, 0.29) is 17.8 Å². The molecule has 2 bridgehead atoms. The van der Waals surface area contributed by atoms with Gasteiger partial charge in [0.15, 0.2) is 0 Å². The lowest BCUT2D eigenvalue weighted by atomic mass is 9.84. The van der Waals surface area contributed by atoms with Crippen LogP contribution in [0.5, 0.6) is 0 Å². The van der Waals surface area contributed by atoms with Gasteiger partial charge in [-0.2, -0.15) is 0 Å². The van der Waals surface area contributed by atoms with Gasteiger partial charge in [0.05, 0.1) is 0 Å². The molecule has 3 heterocycles. The Labute approximate surface area is 141 Å². The molecule has 0 unspecified atom stereocenters. The Kier molecular flexibility index (Phi) is 4.07. The van der Waals surface area contributed by atoms with Crippen molar-refractivity contribution in [3.63, 3.8) is 0 Å². The molecule has 0 radical (unpaired) electrons. The van der Waals surface area contributed by atoms with Crippen molar-refractivity contribution in [3.8, 4) is 11.1 Å². The third kappa shape index (κ3) is 3.06. The van der Waals surface area contributed by atoms with E-state index >= 15 is 0 Å². The maximum Gasteiger partial charge on any atom is 0.251 e. The number of piperidine rings is 3. The fraction of sp³-hybridized carbons (Fsp3) is 0.350. The molecule has 3 aliphatic heterocycles. The first kappa shape index (κ1) is 15.3. The van der Waals surface area contributed by atoms with Crippen LogP contribution in [0.1, 0.15) is 23.2 Å². The summed E-state index contributed by atoms with van der Waals surface area (Å²) in [5.74, 6) is 0.349. The number of hydrogen-bond acceptors (Lipinski definition) is 2. The zero-order valence-electron chi connectivity index (χ0n) is 13.5. The SMILES string of the molecule is O=C(N[C@@H]1CN2CCC1CC2)c1ccc(-c2cccc(F)c2)cc1. The summed E-state index contributed by atoms with van der Waals surface area (Å²) in [6.07, 6.45) is 2.37. The zero-order valence-corrected chi connectivity index (χ0v) is 13.5. The molecular weight excluding hydrogens is 303 g/mol. The second-order valence-corrected chi connectivity index (χ2v) is 6.81. The van der Waals surface area contributed by atoms with E-state index < -0.39 is 0 Å². The molecule has 4 heteroatoms. The quantitative estimate of drug-likeness (QED) is 0.939. The molecule has 1 N–H and O–H groups in total. The number of benzene rings is 2. The Hall–Kier alpha value is -2.20. The first-order valence-electron chi connectivity index (χ1n) is 8.58. The molecule has 24 heavy (non-hydrogen) atoms. The van der Waals surface area contributed by atoms with Crippen LogP contribution >= 0.6 is 0 Å². The highest BCUT2D eigenvalue weighted by atomic mass is 19.1. The molecule has 0 saturated carbocycles. The average Bonchev–Trinajstić information content (AvgIpc) is 2.63. The van der Waals surface area contributed by atoms with Crippen LogP contribution in [0.25, 0.3) is 11.1 Å². The minimum Gasteiger partial charge on any atom is -0.348 e. The van der Waals surface area contributed by atoms with Crippen molar-refractivity contribution in [3.05, 3.63) is 59.9 Å². The molecular formula is C20H21FN2O. The minimum absolute atomic E-state index is 0.0143. The van der Waals surface area contributed by atoms with Crippen LogP contribution in [-0.4, -0.2) is 36.5 Å². The lowest BCUT2D eigenvalue weighted by Crippen LogP contribution is -2.57. The van der Waals surface area contributed by atoms with Gasteiger partial charge in [-0.25, -0.2) is 4.39 Å². The van der Waals surface area contributed by atoms with Gasteiger partial charge in [-0.05, 0) is 67.2 Å². The van der Waals surface area contributed by atoms with Crippen LogP contribution in [-0.2, 0) is 0 Å². The molecule has 0 spiro atoms. The number of nitrogens with one attached hydrogen (secondary N) is 1. The topological polar surface area (TPSA) is 32.3 Å². The van der Waals surface area contributed by atoms with E-state index in [9.17, 15) is 9.18 Å². The predicted octanol–water partition coefficient (Wildman–Crippen LogP) is 3.32. The second kappa shape index (κ2) is 6.36. The van der Waals surface area contributed by atoms with Crippen molar-refractivity contribution < 1.29 is 9.18 Å². The Morgan fingerprint density at radius 3 is 2.42 bits per heavy atom. The number of amides is 1. The Bertz CT molecular complexity index is 736. The smallest absolute Gasteiger partial charge is 0.251 e. The molecule has 124 valence electrons. The summed E-state index contributed by atoms with van der Waals surface area (Å²) in [6, 6.07) is 14.1. The number of carbonyl (C=O) groups is 1. The molecule has 5 rings (SSSR count). The van der Waals surface area contributed by atoms with E-state index in [1.54, 1.807) is 6.07 Å². The van der Waals surface area contributed by atoms with E-state index in [0.717, 1.165) is 17.7 Å². The number of nitrogens with zero attached hydrogens (tertiary/aromatic N) is 1. The molecule has 1 amide bonds. The van der Waals surface area contributed by atoms with Crippen molar-refractivity contribution in [2.24, 2.45) is 5.92 Å². The van der Waals surface area contributed by atoms with Gasteiger partial charge in [0.25, 0.3) is 5.91 Å². The lowest BCUT2D eigenvalue weighted by Gasteiger charge is -2.44. The van der Waals surface area contributed by atoms with E-state index in [0.29, 0.717) is 11.5 Å². The van der Waals surface area contributed by atoms with Crippen LogP contribution in [0, 0.1) is 11.7 Å². The first-order chi connectivity index (χ1) is 11.7. The minimum atomic E-state index is -0.253. The van der Waals surface area contributed by atoms with Crippen LogP contribution in [0.3, 0.4) is 0 Å². The normalized spacial score (nSPS) is 25.5. The Morgan fingerprint density at radius 1 is 1.04 bits per heavy atom. The first-order valence-corrected chi connectivity index (χ1v) is 8.58. The summed E-state index contributed by atoms with van der Waals surface area (Å²) < 4.78 is 13.3. The van der Waals surface area contributed by atoms with E-state index in [1.165, 1.54) is 38.1 Å². The summed E-state index contributed by atoms with van der Waals surface area (Å²) in [5, 5.41) is 3.19. The van der Waals surface area contributed by atoms with Crippen molar-refractivity contribution in [2.75, 3.05) is 19.6 Å². The summed E-state index contributed by atoms with van der Waals surface area (Å²) in [6.45, 7) is 3.30. The third-order valence-corrected chi connectivity index (χ3v) is 5.28. The van der Waals surface area contributed by atoms with Gasteiger partial charge in [-0.15, -0.1) is 0 Å². The molecule has 0 aromatic heterocycles. The zero-order chi connectivity index (χ0) is 16.5. The standard InChI is InChI=1S/C20H21FN2O/c21-18-3-1-2-17(12-18)14-4-6-16(7-5-14)20(24)22-19-13-23-10-8-15(19)9-11-23/h1-7,12,15,19H,8-11,13H2,(H,22,24)/t19-/m1/s1. The molecule has 2 aromatic carbocycles. The van der Waals surface area contributed by atoms with Crippen LogP contribution in [0.15, 0.2) is 48.5 Å². The fourth-order valence-electron chi connectivity index (χ4n) is 3.86. The summed E-state index contributed by atoms with van der Waals surface area (Å²) in [7, 11) is 0. The molecule has 3 aliphatic rings. The van der Waals surface area contributed by atoms with Gasteiger partial charge < -0.3 is 10.2 Å². The molecule has 0 aliphatic carbocycles. The van der Waals surface area contributed by atoms with E-state index in [4.69, 9.17) is 0 Å². The number of hydrogen-bond donors (Lipinski definition) is 1. The number of halogens is 1. The number of carbonyl (C=O) groups excluding carboxylic acids is 1. The lowest BCUT2D eigenvalue weighted by molar-refractivity contribution is 0.0620. The fourth-order valence-corrected chi connectivity index (χ4v) is 3.86. The molecule has 2 aromatic rings. The predicted molar refractivity (Wildman–Crippen MR) is 92.3 cm³/mol. The monoisotopic (exact) mass is 324 g/mol. The van der Waals surface area contributed by atoms with Crippen molar-refractivity contribution in [2.45, 2.75) is 18.9 Å². The summed E-state index contributed by atoms with van der Waals surface area (Å²) in [4.78, 5) is 14.9. The van der Waals surface area contributed by atoms with Gasteiger partial charge in [0.1, 0.15) is 5.82 Å². The highest BCUT2D eigenvalue weighted by Gasteiger charge is 2.34. The number of rotatable bonds is 3. The highest BCUT2D eigenvalue weighted by Crippen LogP contribution is 2.28. The Morgan fingerprint density at radius 2 is 1.79 bits per heavy atom. The van der Waals surface area contributed by atoms with E-state index in [2.05, 4.69) is 10.2 Å². The molecule has 1 atom stereocenters. The van der Waals surface area contributed by atoms with Crippen LogP contribution in [0.4, 0.5) is 4.39 Å². The highest BCUT2D eigenvalue weighted by molar-refractivity contribution is 5.95. The average molecular weight is 324 g/mol. The van der Waals surface area contributed by atoms with Crippen molar-refractivity contribution >= 4 is 5.91 Å². The second-order valence-electron chi connectivity index (χ2n) is 6.81. The third-order valence-electron chi connectivity index (χ3n) is 5.28. The van der Waals surface area contributed by atoms with Gasteiger partial charge in [-0.3, -0.25) is 4.79 Å². The maximum absolute atomic E-state index is 13.3. The van der Waals surface area contributed by atoms with E-state index in [1.807, 2.05) is 30.3 Å². The largest absolute Gasteiger partial charge is 0.348 e. The molecule has 3 saturated heterocycles. The van der Waals surface area contributed by atoms with Gasteiger partial charge in [0.2, 0.25) is 0 Å². The maximum atomic E-state index is 13.3. The van der Waals surface area contributed by atoms with Crippen LogP contribution < -0.4 is 5.32 Å². The Balaban J connectivity index is 1.45. The van der Waals surface area contributed by atoms with Gasteiger partial charge >= 0.3 is 0 Å². The molecule has 3 fully saturated rings. The summed E-state index contributed by atoms with van der Waals surface area (Å²) in [5.41, 5.74) is 2.39. The van der Waals surface area contributed by atoms with Gasteiger partial charge in [0, 0.05) is 18.2 Å². The summed E-state index contributed by atoms with van der Waals surface area (Å²) >= 11 is 0. The molecule has 3 nitrogen and oxygen atoms in total. The van der Waals surface area contributed by atoms with Crippen molar-refractivity contribution in [1.82, 2.24) is 10.2 Å². The van der Waals surface area contributed by atoms with Crippen molar-refractivity contribution in [1.29, 1.82) is 0 Å². The number of fused-ring (bicyclic) bond motifs is 3. The van der Waals surface area contributed by atoms with Crippen LogP contribution in [0.2, 0.25) is 0 Å².